The molecule has 0 heterocycles. The van der Waals surface area contributed by atoms with Crippen LogP contribution in [0.1, 0.15) is 187 Å². The Morgan fingerprint density at radius 3 is 0.919 bits per heavy atom. The average molecular weight is 543 g/mol. The third kappa shape index (κ3) is 26.1. The summed E-state index contributed by atoms with van der Waals surface area (Å²) in [7, 11) is 1.11. The first-order chi connectivity index (χ1) is 18.2. The van der Waals surface area contributed by atoms with Crippen molar-refractivity contribution in [2.75, 3.05) is 20.8 Å². The number of hydrogen-bond donors (Lipinski definition) is 0. The second-order valence-corrected chi connectivity index (χ2v) is 14.5. The average Bonchev–Trinajstić information content (AvgIpc) is 2.92. The number of rotatable bonds is 32. The van der Waals surface area contributed by atoms with Gasteiger partial charge in [-0.2, -0.15) is 0 Å². The van der Waals surface area contributed by atoms with E-state index in [0.717, 1.165) is 19.1 Å². The van der Waals surface area contributed by atoms with Gasteiger partial charge in [0, 0.05) is 26.9 Å². The first kappa shape index (κ1) is 37.1. The van der Waals surface area contributed by atoms with Gasteiger partial charge in [-0.25, -0.2) is 0 Å². The summed E-state index contributed by atoms with van der Waals surface area (Å²) in [6.07, 6.45) is 37.5. The van der Waals surface area contributed by atoms with Crippen molar-refractivity contribution < 1.29 is 13.3 Å². The molecule has 0 aliphatic heterocycles. The summed E-state index contributed by atoms with van der Waals surface area (Å²) in [6, 6.07) is 0.966. The summed E-state index contributed by atoms with van der Waals surface area (Å²) in [6.45, 7) is 5.37. The standard InChI is InChI=1S/C33H70O3Si/c1-5-7-9-11-13-15-16-17-18-19-20-21-22-23-24-25-26-28-30-32-36-37(34-3,35-4)33-31-29-27-14-12-10-8-6-2/h5-33H2,1-4H3. The predicted octanol–water partition coefficient (Wildman–Crippen LogP) is 11.8. The highest BCUT2D eigenvalue weighted by atomic mass is 28.4. The molecule has 0 bridgehead atoms. The highest BCUT2D eigenvalue weighted by Gasteiger charge is 2.38. The van der Waals surface area contributed by atoms with Crippen molar-refractivity contribution >= 4 is 8.80 Å². The molecule has 0 N–H and O–H groups in total. The lowest BCUT2D eigenvalue weighted by Crippen LogP contribution is -2.44. The zero-order chi connectivity index (χ0) is 27.1. The van der Waals surface area contributed by atoms with Crippen LogP contribution in [0.25, 0.3) is 0 Å². The van der Waals surface area contributed by atoms with Crippen LogP contribution in [0.2, 0.25) is 6.04 Å². The maximum Gasteiger partial charge on any atom is 0.500 e. The fourth-order valence-corrected chi connectivity index (χ4v) is 7.45. The minimum atomic E-state index is -2.44. The van der Waals surface area contributed by atoms with Crippen LogP contribution in [-0.2, 0) is 13.3 Å². The molecule has 0 spiro atoms. The Morgan fingerprint density at radius 2 is 0.622 bits per heavy atom. The van der Waals surface area contributed by atoms with E-state index in [0.29, 0.717) is 0 Å². The third-order valence-corrected chi connectivity index (χ3v) is 10.9. The van der Waals surface area contributed by atoms with Gasteiger partial charge in [0.15, 0.2) is 0 Å². The van der Waals surface area contributed by atoms with Gasteiger partial charge in [-0.1, -0.05) is 174 Å². The quantitative estimate of drug-likeness (QED) is 0.0624. The maximum atomic E-state index is 6.22. The molecule has 0 unspecified atom stereocenters. The van der Waals surface area contributed by atoms with Crippen molar-refractivity contribution in [2.45, 2.75) is 193 Å². The van der Waals surface area contributed by atoms with Crippen molar-refractivity contribution in [1.82, 2.24) is 0 Å². The van der Waals surface area contributed by atoms with E-state index in [-0.39, 0.29) is 0 Å². The van der Waals surface area contributed by atoms with Crippen LogP contribution in [0.3, 0.4) is 0 Å². The van der Waals surface area contributed by atoms with Crippen LogP contribution >= 0.6 is 0 Å². The smallest absolute Gasteiger partial charge is 0.377 e. The lowest BCUT2D eigenvalue weighted by molar-refractivity contribution is 0.0955. The summed E-state index contributed by atoms with van der Waals surface area (Å²) in [5, 5.41) is 0. The van der Waals surface area contributed by atoms with Crippen molar-refractivity contribution in [3.05, 3.63) is 0 Å². The number of unbranched alkanes of at least 4 members (excludes halogenated alkanes) is 25. The van der Waals surface area contributed by atoms with Gasteiger partial charge in [0.05, 0.1) is 0 Å². The Morgan fingerprint density at radius 1 is 0.351 bits per heavy atom. The van der Waals surface area contributed by atoms with E-state index in [2.05, 4.69) is 13.8 Å². The monoisotopic (exact) mass is 543 g/mol. The fraction of sp³-hybridized carbons (Fsp3) is 1.00. The Kier molecular flexibility index (Phi) is 30.7. The summed E-state index contributed by atoms with van der Waals surface area (Å²) >= 11 is 0. The van der Waals surface area contributed by atoms with Crippen LogP contribution in [0.5, 0.6) is 0 Å². The van der Waals surface area contributed by atoms with Gasteiger partial charge in [0.2, 0.25) is 0 Å². The van der Waals surface area contributed by atoms with Crippen LogP contribution < -0.4 is 0 Å². The molecular formula is C33H70O3Si. The SMILES string of the molecule is CCCCCCCCCCCCCCCCCCCCCO[Si](CCCCCCCCCC)(OC)OC. The fourth-order valence-electron chi connectivity index (χ4n) is 5.36. The van der Waals surface area contributed by atoms with Gasteiger partial charge in [-0.05, 0) is 12.8 Å². The lowest BCUT2D eigenvalue weighted by atomic mass is 10.0. The van der Waals surface area contributed by atoms with Crippen molar-refractivity contribution in [2.24, 2.45) is 0 Å². The Hall–Kier alpha value is 0.0969. The molecule has 0 fully saturated rings. The van der Waals surface area contributed by atoms with Crippen molar-refractivity contribution in [1.29, 1.82) is 0 Å². The maximum absolute atomic E-state index is 6.22. The van der Waals surface area contributed by atoms with E-state index in [9.17, 15) is 0 Å². The minimum absolute atomic E-state index is 0.795. The van der Waals surface area contributed by atoms with E-state index in [1.807, 2.05) is 0 Å². The molecule has 3 nitrogen and oxygen atoms in total. The van der Waals surface area contributed by atoms with Gasteiger partial charge < -0.3 is 13.3 Å². The van der Waals surface area contributed by atoms with Crippen molar-refractivity contribution in [3.63, 3.8) is 0 Å². The van der Waals surface area contributed by atoms with Crippen molar-refractivity contribution in [3.8, 4) is 0 Å². The second kappa shape index (κ2) is 30.6. The minimum Gasteiger partial charge on any atom is -0.377 e. The summed E-state index contributed by atoms with van der Waals surface area (Å²) in [4.78, 5) is 0. The van der Waals surface area contributed by atoms with Crippen LogP contribution in [0.15, 0.2) is 0 Å². The molecule has 0 atom stereocenters. The van der Waals surface area contributed by atoms with Crippen LogP contribution in [0.4, 0.5) is 0 Å². The molecule has 0 aromatic heterocycles. The summed E-state index contributed by atoms with van der Waals surface area (Å²) < 4.78 is 17.8. The molecule has 0 aliphatic carbocycles. The zero-order valence-corrected chi connectivity index (χ0v) is 27.2. The normalized spacial score (nSPS) is 12.0. The Balaban J connectivity index is 3.44. The zero-order valence-electron chi connectivity index (χ0n) is 26.2. The van der Waals surface area contributed by atoms with E-state index in [1.165, 1.54) is 167 Å². The largest absolute Gasteiger partial charge is 0.500 e. The molecule has 0 saturated heterocycles. The first-order valence-corrected chi connectivity index (χ1v) is 18.9. The highest BCUT2D eigenvalue weighted by molar-refractivity contribution is 6.60. The molecule has 0 saturated carbocycles. The van der Waals surface area contributed by atoms with Gasteiger partial charge >= 0.3 is 8.80 Å². The summed E-state index contributed by atoms with van der Waals surface area (Å²) in [5.74, 6) is 0. The highest BCUT2D eigenvalue weighted by Crippen LogP contribution is 2.20. The Bertz CT molecular complexity index is 414. The molecule has 0 radical (unpaired) electrons. The van der Waals surface area contributed by atoms with Gasteiger partial charge in [-0.3, -0.25) is 0 Å². The Labute approximate surface area is 236 Å². The molecule has 0 amide bonds. The first-order valence-electron chi connectivity index (χ1n) is 17.0. The topological polar surface area (TPSA) is 27.7 Å². The van der Waals surface area contributed by atoms with Gasteiger partial charge in [0.25, 0.3) is 0 Å². The van der Waals surface area contributed by atoms with Crippen LogP contribution in [0, 0.1) is 0 Å². The van der Waals surface area contributed by atoms with E-state index >= 15 is 0 Å². The molecule has 4 heteroatoms. The molecular weight excluding hydrogens is 472 g/mol. The van der Waals surface area contributed by atoms with E-state index in [1.54, 1.807) is 14.2 Å². The van der Waals surface area contributed by atoms with E-state index < -0.39 is 8.80 Å². The molecule has 37 heavy (non-hydrogen) atoms. The number of hydrogen-bond acceptors (Lipinski definition) is 3. The molecule has 0 rings (SSSR count). The molecule has 224 valence electrons. The van der Waals surface area contributed by atoms with Crippen LogP contribution in [-0.4, -0.2) is 29.6 Å². The lowest BCUT2D eigenvalue weighted by Gasteiger charge is -2.26. The second-order valence-electron chi connectivity index (χ2n) is 11.5. The van der Waals surface area contributed by atoms with E-state index in [4.69, 9.17) is 13.3 Å². The third-order valence-electron chi connectivity index (χ3n) is 8.03. The molecule has 0 aromatic carbocycles. The van der Waals surface area contributed by atoms with Gasteiger partial charge in [0.1, 0.15) is 0 Å². The summed E-state index contributed by atoms with van der Waals surface area (Å²) in [5.41, 5.74) is 0. The molecule has 0 aliphatic rings. The predicted molar refractivity (Wildman–Crippen MR) is 167 cm³/mol. The van der Waals surface area contributed by atoms with Gasteiger partial charge in [-0.15, -0.1) is 0 Å². The molecule has 0 aromatic rings.